The average Bonchev–Trinajstić information content (AvgIpc) is 2.53. The zero-order valence-electron chi connectivity index (χ0n) is 12.6. The van der Waals surface area contributed by atoms with E-state index in [0.717, 1.165) is 12.1 Å². The van der Waals surface area contributed by atoms with E-state index in [1.165, 1.54) is 31.4 Å². The molecule has 0 aliphatic rings. The van der Waals surface area contributed by atoms with Crippen molar-refractivity contribution in [1.29, 1.82) is 0 Å². The molecule has 0 saturated heterocycles. The fourth-order valence-corrected chi connectivity index (χ4v) is 2.09. The molecular weight excluding hydrogens is 325 g/mol. The largest absolute Gasteiger partial charge is 0.507 e. The van der Waals surface area contributed by atoms with Crippen molar-refractivity contribution in [3.63, 3.8) is 0 Å². The third-order valence-corrected chi connectivity index (χ3v) is 3.34. The van der Waals surface area contributed by atoms with Crippen molar-refractivity contribution < 1.29 is 32.6 Å². The van der Waals surface area contributed by atoms with E-state index in [2.05, 4.69) is 0 Å². The fraction of sp³-hybridized carbons (Fsp3) is 0.176. The van der Waals surface area contributed by atoms with E-state index >= 15 is 0 Å². The number of carbonyl (C=O) groups is 2. The summed E-state index contributed by atoms with van der Waals surface area (Å²) in [6, 6.07) is 7.78. The van der Waals surface area contributed by atoms with Crippen LogP contribution in [0.25, 0.3) is 0 Å². The van der Waals surface area contributed by atoms with E-state index in [-0.39, 0.29) is 16.9 Å². The molecule has 1 N–H and O–H groups in total. The van der Waals surface area contributed by atoms with Gasteiger partial charge in [-0.25, -0.2) is 0 Å². The normalized spacial score (nSPS) is 11.2. The smallest absolute Gasteiger partial charge is 0.416 e. The molecule has 0 heterocycles. The molecule has 0 unspecified atom stereocenters. The van der Waals surface area contributed by atoms with Gasteiger partial charge in [-0.15, -0.1) is 0 Å². The van der Waals surface area contributed by atoms with E-state index in [1.54, 1.807) is 0 Å². The zero-order chi connectivity index (χ0) is 17.9. The van der Waals surface area contributed by atoms with Crippen molar-refractivity contribution in [3.05, 3.63) is 59.2 Å². The Balaban J connectivity index is 2.19. The van der Waals surface area contributed by atoms with Crippen molar-refractivity contribution >= 4 is 11.6 Å². The van der Waals surface area contributed by atoms with Gasteiger partial charge in [0, 0.05) is 11.6 Å². The number of phenolic OH excluding ortho intramolecular Hbond substituents is 1. The molecule has 7 heteroatoms. The van der Waals surface area contributed by atoms with Gasteiger partial charge in [0.2, 0.25) is 0 Å². The van der Waals surface area contributed by atoms with E-state index in [0.29, 0.717) is 11.8 Å². The van der Waals surface area contributed by atoms with E-state index in [1.807, 2.05) is 0 Å². The molecule has 0 fully saturated rings. The Morgan fingerprint density at radius 1 is 1.08 bits per heavy atom. The minimum Gasteiger partial charge on any atom is -0.507 e. The number of Topliss-reactive ketones (excluding diaryl/α,β-unsaturated/α-hetero) is 2. The Labute approximate surface area is 135 Å². The number of phenols is 1. The van der Waals surface area contributed by atoms with Gasteiger partial charge in [0.1, 0.15) is 11.5 Å². The average molecular weight is 338 g/mol. The molecule has 2 aromatic rings. The number of rotatable bonds is 5. The highest BCUT2D eigenvalue weighted by atomic mass is 19.4. The minimum atomic E-state index is -4.57. The maximum Gasteiger partial charge on any atom is 0.416 e. The zero-order valence-corrected chi connectivity index (χ0v) is 12.6. The lowest BCUT2D eigenvalue weighted by molar-refractivity contribution is -0.137. The van der Waals surface area contributed by atoms with E-state index in [4.69, 9.17) is 4.74 Å². The number of ether oxygens (including phenoxy) is 1. The lowest BCUT2D eigenvalue weighted by atomic mass is 9.99. The van der Waals surface area contributed by atoms with Gasteiger partial charge < -0.3 is 9.84 Å². The molecule has 2 rings (SSSR count). The lowest BCUT2D eigenvalue weighted by Gasteiger charge is -2.09. The Morgan fingerprint density at radius 2 is 1.79 bits per heavy atom. The summed E-state index contributed by atoms with van der Waals surface area (Å²) < 4.78 is 42.9. The van der Waals surface area contributed by atoms with Crippen LogP contribution in [0.1, 0.15) is 32.7 Å². The fourth-order valence-electron chi connectivity index (χ4n) is 2.09. The molecule has 24 heavy (non-hydrogen) atoms. The van der Waals surface area contributed by atoms with Crippen LogP contribution in [0.15, 0.2) is 42.5 Å². The first-order chi connectivity index (χ1) is 11.2. The second kappa shape index (κ2) is 6.74. The summed E-state index contributed by atoms with van der Waals surface area (Å²) in [5, 5.41) is 9.77. The number of hydrogen-bond acceptors (Lipinski definition) is 4. The summed E-state index contributed by atoms with van der Waals surface area (Å²) in [4.78, 5) is 24.1. The van der Waals surface area contributed by atoms with Crippen molar-refractivity contribution in [2.24, 2.45) is 0 Å². The molecule has 0 saturated carbocycles. The Bertz CT molecular complexity index is 782. The maximum atomic E-state index is 12.7. The SMILES string of the molecule is COc1ccc(C(=O)CC(=O)c2cccc(C(F)(F)F)c2)c(O)c1. The predicted molar refractivity (Wildman–Crippen MR) is 79.4 cm³/mol. The maximum absolute atomic E-state index is 12.7. The number of hydrogen-bond donors (Lipinski definition) is 1. The van der Waals surface area contributed by atoms with Crippen LogP contribution in [0.4, 0.5) is 13.2 Å². The molecule has 2 aromatic carbocycles. The first-order valence-electron chi connectivity index (χ1n) is 6.83. The van der Waals surface area contributed by atoms with Crippen LogP contribution in [0.2, 0.25) is 0 Å². The highest BCUT2D eigenvalue weighted by Gasteiger charge is 2.31. The van der Waals surface area contributed by atoms with Gasteiger partial charge in [-0.2, -0.15) is 13.2 Å². The van der Waals surface area contributed by atoms with Gasteiger partial charge in [-0.1, -0.05) is 12.1 Å². The minimum absolute atomic E-state index is 0.101. The third kappa shape index (κ3) is 3.92. The Hall–Kier alpha value is -2.83. The van der Waals surface area contributed by atoms with Crippen LogP contribution in [-0.4, -0.2) is 23.8 Å². The molecule has 0 amide bonds. The summed E-state index contributed by atoms with van der Waals surface area (Å²) in [5.74, 6) is -1.50. The van der Waals surface area contributed by atoms with Gasteiger partial charge in [-0.05, 0) is 24.3 Å². The molecule has 0 bridgehead atoms. The van der Waals surface area contributed by atoms with Gasteiger partial charge >= 0.3 is 6.18 Å². The molecule has 0 aliphatic heterocycles. The quantitative estimate of drug-likeness (QED) is 0.664. The molecule has 4 nitrogen and oxygen atoms in total. The van der Waals surface area contributed by atoms with Crippen LogP contribution in [-0.2, 0) is 6.18 Å². The first-order valence-corrected chi connectivity index (χ1v) is 6.83. The summed E-state index contributed by atoms with van der Waals surface area (Å²) in [7, 11) is 1.38. The number of ketones is 2. The number of carbonyl (C=O) groups excluding carboxylic acids is 2. The van der Waals surface area contributed by atoms with Crippen molar-refractivity contribution in [3.8, 4) is 11.5 Å². The number of benzene rings is 2. The van der Waals surface area contributed by atoms with E-state index < -0.39 is 29.7 Å². The van der Waals surface area contributed by atoms with Crippen LogP contribution >= 0.6 is 0 Å². The first kappa shape index (κ1) is 17.5. The number of methoxy groups -OCH3 is 1. The van der Waals surface area contributed by atoms with Crippen LogP contribution in [0, 0.1) is 0 Å². The molecule has 0 aromatic heterocycles. The number of aromatic hydroxyl groups is 1. The Kier molecular flexibility index (Phi) is 4.92. The lowest BCUT2D eigenvalue weighted by Crippen LogP contribution is -2.11. The van der Waals surface area contributed by atoms with Gasteiger partial charge in [0.05, 0.1) is 24.7 Å². The van der Waals surface area contributed by atoms with E-state index in [9.17, 15) is 27.9 Å². The Morgan fingerprint density at radius 3 is 2.38 bits per heavy atom. The van der Waals surface area contributed by atoms with Crippen molar-refractivity contribution in [1.82, 2.24) is 0 Å². The summed E-state index contributed by atoms with van der Waals surface area (Å²) >= 11 is 0. The summed E-state index contributed by atoms with van der Waals surface area (Å²) in [6.07, 6.45) is -5.23. The topological polar surface area (TPSA) is 63.6 Å². The molecule has 0 spiro atoms. The molecule has 126 valence electrons. The molecule has 0 radical (unpaired) electrons. The van der Waals surface area contributed by atoms with Gasteiger partial charge in [0.15, 0.2) is 11.6 Å². The molecular formula is C17H13F3O4. The second-order valence-electron chi connectivity index (χ2n) is 4.98. The van der Waals surface area contributed by atoms with Crippen LogP contribution < -0.4 is 4.74 Å². The second-order valence-corrected chi connectivity index (χ2v) is 4.98. The number of halogens is 3. The van der Waals surface area contributed by atoms with Crippen LogP contribution in [0.5, 0.6) is 11.5 Å². The predicted octanol–water partition coefficient (Wildman–Crippen LogP) is 3.88. The van der Waals surface area contributed by atoms with Gasteiger partial charge in [0.25, 0.3) is 0 Å². The summed E-state index contributed by atoms with van der Waals surface area (Å²) in [6.45, 7) is 0. The third-order valence-electron chi connectivity index (χ3n) is 3.34. The highest BCUT2D eigenvalue weighted by Crippen LogP contribution is 2.30. The van der Waals surface area contributed by atoms with Crippen molar-refractivity contribution in [2.45, 2.75) is 12.6 Å². The monoisotopic (exact) mass is 338 g/mol. The highest BCUT2D eigenvalue weighted by molar-refractivity contribution is 6.14. The number of alkyl halides is 3. The van der Waals surface area contributed by atoms with Gasteiger partial charge in [-0.3, -0.25) is 9.59 Å². The molecule has 0 atom stereocenters. The molecule has 0 aliphatic carbocycles. The van der Waals surface area contributed by atoms with Crippen LogP contribution in [0.3, 0.4) is 0 Å². The standard InChI is InChI=1S/C17H13F3O4/c1-24-12-5-6-13(15(22)8-12)16(23)9-14(21)10-3-2-4-11(7-10)17(18,19)20/h2-8,22H,9H2,1H3. The summed E-state index contributed by atoms with van der Waals surface area (Å²) in [5.41, 5.74) is -1.28. The van der Waals surface area contributed by atoms with Crippen molar-refractivity contribution in [2.75, 3.05) is 7.11 Å².